The molecule has 2 aromatic carbocycles. The van der Waals surface area contributed by atoms with Crippen molar-refractivity contribution in [3.05, 3.63) is 54.1 Å². The van der Waals surface area contributed by atoms with Crippen LogP contribution in [0.1, 0.15) is 24.3 Å². The summed E-state index contributed by atoms with van der Waals surface area (Å²) in [6, 6.07) is 11.8. The van der Waals surface area contributed by atoms with Crippen LogP contribution in [0.4, 0.5) is 0 Å². The molecule has 90 valence electrons. The highest BCUT2D eigenvalue weighted by Gasteiger charge is 2.26. The Kier molecular flexibility index (Phi) is 2.33. The fraction of sp³-hybridized carbons (Fsp3) is 0.133. The first-order valence-corrected chi connectivity index (χ1v) is 5.71. The highest BCUT2D eigenvalue weighted by Crippen LogP contribution is 2.40. The molecule has 1 unspecified atom stereocenters. The first-order chi connectivity index (χ1) is 8.66. The minimum Gasteiger partial charge on any atom is -0.450 e. The van der Waals surface area contributed by atoms with Crippen molar-refractivity contribution >= 4 is 22.5 Å². The van der Waals surface area contributed by atoms with E-state index in [-0.39, 0.29) is 5.97 Å². The van der Waals surface area contributed by atoms with Gasteiger partial charge >= 0.3 is 5.97 Å². The minimum atomic E-state index is -0.700. The molecule has 3 rings (SSSR count). The summed E-state index contributed by atoms with van der Waals surface area (Å²) in [4.78, 5) is 11.1. The van der Waals surface area contributed by atoms with Gasteiger partial charge in [-0.3, -0.25) is 4.79 Å². The van der Waals surface area contributed by atoms with Crippen molar-refractivity contribution in [3.63, 3.8) is 0 Å². The van der Waals surface area contributed by atoms with Gasteiger partial charge in [-0.05, 0) is 5.39 Å². The summed E-state index contributed by atoms with van der Waals surface area (Å²) in [5.41, 5.74) is 1.82. The van der Waals surface area contributed by atoms with Crippen LogP contribution < -0.4 is 0 Å². The lowest BCUT2D eigenvalue weighted by molar-refractivity contribution is -0.165. The van der Waals surface area contributed by atoms with Crippen LogP contribution in [-0.4, -0.2) is 5.97 Å². The average Bonchev–Trinajstić information content (AvgIpc) is 2.34. The van der Waals surface area contributed by atoms with Crippen LogP contribution >= 0.6 is 0 Å². The fourth-order valence-corrected chi connectivity index (χ4v) is 2.29. The van der Waals surface area contributed by atoms with Crippen LogP contribution in [0.15, 0.2) is 43.0 Å². The Balaban J connectivity index is 2.26. The standard InChI is InChI=1S/C15H12O3/c1-9-12-7-3-5-11-6-4-8-13(14(11)12)15(17-9)18-10(2)16/h3-8,15H,1H2,2H3. The molecule has 0 aromatic heterocycles. The third kappa shape index (κ3) is 1.56. The van der Waals surface area contributed by atoms with Gasteiger partial charge in [0.1, 0.15) is 5.76 Å². The van der Waals surface area contributed by atoms with Gasteiger partial charge in [-0.25, -0.2) is 0 Å². The molecule has 0 saturated heterocycles. The van der Waals surface area contributed by atoms with Crippen LogP contribution in [-0.2, 0) is 14.3 Å². The second-order valence-electron chi connectivity index (χ2n) is 4.23. The van der Waals surface area contributed by atoms with E-state index in [0.29, 0.717) is 5.76 Å². The second kappa shape index (κ2) is 3.88. The lowest BCUT2D eigenvalue weighted by Gasteiger charge is -2.27. The first-order valence-electron chi connectivity index (χ1n) is 5.71. The molecule has 1 aliphatic heterocycles. The molecule has 0 radical (unpaired) electrons. The van der Waals surface area contributed by atoms with Gasteiger partial charge in [0, 0.05) is 23.4 Å². The van der Waals surface area contributed by atoms with E-state index in [1.807, 2.05) is 36.4 Å². The molecule has 3 heteroatoms. The number of esters is 1. The largest absolute Gasteiger partial charge is 0.450 e. The summed E-state index contributed by atoms with van der Waals surface area (Å²) in [5, 5.41) is 2.13. The number of carbonyl (C=O) groups is 1. The summed E-state index contributed by atoms with van der Waals surface area (Å²) in [6.45, 7) is 5.25. The topological polar surface area (TPSA) is 35.5 Å². The van der Waals surface area contributed by atoms with Crippen LogP contribution in [0.5, 0.6) is 0 Å². The Hall–Kier alpha value is -2.29. The number of carbonyl (C=O) groups excluding carboxylic acids is 1. The van der Waals surface area contributed by atoms with E-state index in [9.17, 15) is 4.79 Å². The second-order valence-corrected chi connectivity index (χ2v) is 4.23. The molecule has 0 amide bonds. The smallest absolute Gasteiger partial charge is 0.305 e. The quantitative estimate of drug-likeness (QED) is 0.716. The predicted molar refractivity (Wildman–Crippen MR) is 68.6 cm³/mol. The molecule has 1 aliphatic rings. The summed E-state index contributed by atoms with van der Waals surface area (Å²) < 4.78 is 10.8. The van der Waals surface area contributed by atoms with E-state index in [1.54, 1.807) is 0 Å². The van der Waals surface area contributed by atoms with Crippen molar-refractivity contribution in [1.82, 2.24) is 0 Å². The molecule has 0 saturated carbocycles. The molecule has 1 heterocycles. The van der Waals surface area contributed by atoms with Crippen molar-refractivity contribution in [1.29, 1.82) is 0 Å². The van der Waals surface area contributed by atoms with Gasteiger partial charge in [0.2, 0.25) is 0 Å². The van der Waals surface area contributed by atoms with Crippen molar-refractivity contribution in [3.8, 4) is 0 Å². The van der Waals surface area contributed by atoms with E-state index in [0.717, 1.165) is 21.9 Å². The number of hydrogen-bond donors (Lipinski definition) is 0. The molecule has 0 N–H and O–H groups in total. The molecular weight excluding hydrogens is 228 g/mol. The van der Waals surface area contributed by atoms with Crippen molar-refractivity contribution in [2.45, 2.75) is 13.2 Å². The third-order valence-corrected chi connectivity index (χ3v) is 3.01. The maximum absolute atomic E-state index is 11.1. The summed E-state index contributed by atoms with van der Waals surface area (Å²) in [5.74, 6) is 0.162. The van der Waals surface area contributed by atoms with Gasteiger partial charge in [0.15, 0.2) is 0 Å². The summed E-state index contributed by atoms with van der Waals surface area (Å²) in [6.07, 6.45) is -0.700. The molecule has 0 spiro atoms. The normalized spacial score (nSPS) is 17.4. The van der Waals surface area contributed by atoms with Crippen LogP contribution in [0.2, 0.25) is 0 Å². The number of benzene rings is 2. The Bertz CT molecular complexity index is 653. The highest BCUT2D eigenvalue weighted by molar-refractivity contribution is 5.96. The Morgan fingerprint density at radius 2 is 2.00 bits per heavy atom. The maximum Gasteiger partial charge on any atom is 0.305 e. The lowest BCUT2D eigenvalue weighted by Crippen LogP contribution is -2.16. The van der Waals surface area contributed by atoms with Gasteiger partial charge in [0.25, 0.3) is 6.29 Å². The van der Waals surface area contributed by atoms with E-state index in [2.05, 4.69) is 6.58 Å². The fourth-order valence-electron chi connectivity index (χ4n) is 2.29. The van der Waals surface area contributed by atoms with E-state index in [4.69, 9.17) is 9.47 Å². The lowest BCUT2D eigenvalue weighted by atomic mass is 9.96. The number of rotatable bonds is 1. The zero-order chi connectivity index (χ0) is 12.7. The third-order valence-electron chi connectivity index (χ3n) is 3.01. The molecule has 18 heavy (non-hydrogen) atoms. The van der Waals surface area contributed by atoms with E-state index < -0.39 is 6.29 Å². The predicted octanol–water partition coefficient (Wildman–Crippen LogP) is 3.40. The van der Waals surface area contributed by atoms with E-state index >= 15 is 0 Å². The zero-order valence-electron chi connectivity index (χ0n) is 9.97. The van der Waals surface area contributed by atoms with Crippen molar-refractivity contribution in [2.24, 2.45) is 0 Å². The summed E-state index contributed by atoms with van der Waals surface area (Å²) >= 11 is 0. The molecule has 0 bridgehead atoms. The van der Waals surface area contributed by atoms with Gasteiger partial charge in [-0.1, -0.05) is 43.0 Å². The Labute approximate surface area is 105 Å². The minimum absolute atomic E-state index is 0.371. The number of ether oxygens (including phenoxy) is 2. The molecule has 2 aromatic rings. The van der Waals surface area contributed by atoms with Gasteiger partial charge < -0.3 is 9.47 Å². The molecular formula is C15H12O3. The zero-order valence-corrected chi connectivity index (χ0v) is 9.97. The summed E-state index contributed by atoms with van der Waals surface area (Å²) in [7, 11) is 0. The van der Waals surface area contributed by atoms with Gasteiger partial charge in [0.05, 0.1) is 0 Å². The first kappa shape index (κ1) is 10.8. The Morgan fingerprint density at radius 1 is 1.28 bits per heavy atom. The van der Waals surface area contributed by atoms with Gasteiger partial charge in [-0.2, -0.15) is 0 Å². The highest BCUT2D eigenvalue weighted by atomic mass is 16.7. The molecule has 3 nitrogen and oxygen atoms in total. The SMILES string of the molecule is C=C1OC(OC(C)=O)c2cccc3cccc1c23. The van der Waals surface area contributed by atoms with Crippen LogP contribution in [0, 0.1) is 0 Å². The molecule has 1 atom stereocenters. The molecule has 0 fully saturated rings. The van der Waals surface area contributed by atoms with Crippen LogP contribution in [0.3, 0.4) is 0 Å². The van der Waals surface area contributed by atoms with Crippen molar-refractivity contribution < 1.29 is 14.3 Å². The number of hydrogen-bond acceptors (Lipinski definition) is 3. The molecule has 0 aliphatic carbocycles. The van der Waals surface area contributed by atoms with Gasteiger partial charge in [-0.15, -0.1) is 0 Å². The van der Waals surface area contributed by atoms with Crippen molar-refractivity contribution in [2.75, 3.05) is 0 Å². The average molecular weight is 240 g/mol. The Morgan fingerprint density at radius 3 is 2.72 bits per heavy atom. The maximum atomic E-state index is 11.1. The van der Waals surface area contributed by atoms with Crippen LogP contribution in [0.25, 0.3) is 16.5 Å². The monoisotopic (exact) mass is 240 g/mol. The van der Waals surface area contributed by atoms with E-state index in [1.165, 1.54) is 6.92 Å².